The zero-order valence-electron chi connectivity index (χ0n) is 10.8. The lowest BCUT2D eigenvalue weighted by atomic mass is 10.2. The Kier molecular flexibility index (Phi) is 4.04. The van der Waals surface area contributed by atoms with Gasteiger partial charge in [0, 0.05) is 18.2 Å². The molecule has 2 rings (SSSR count). The number of carbonyl (C=O) groups excluding carboxylic acids is 1. The molecule has 0 saturated heterocycles. The van der Waals surface area contributed by atoms with Gasteiger partial charge in [-0.05, 0) is 37.1 Å². The summed E-state index contributed by atoms with van der Waals surface area (Å²) in [5.74, 6) is -0.292. The summed E-state index contributed by atoms with van der Waals surface area (Å²) >= 11 is 0. The number of carboxylic acids is 1. The van der Waals surface area contributed by atoms with Gasteiger partial charge < -0.3 is 14.7 Å². The van der Waals surface area contributed by atoms with E-state index in [2.05, 4.69) is 0 Å². The van der Waals surface area contributed by atoms with Gasteiger partial charge in [0.2, 0.25) is 0 Å². The van der Waals surface area contributed by atoms with Crippen LogP contribution in [-0.2, 0) is 4.79 Å². The minimum absolute atomic E-state index is 0.0155. The predicted octanol–water partition coefficient (Wildman–Crippen LogP) is 1.77. The van der Waals surface area contributed by atoms with E-state index in [1.54, 1.807) is 36.3 Å². The number of nitrogens with zero attached hydrogens (tertiary/aromatic N) is 1. The molecule has 5 nitrogen and oxygen atoms in total. The number of aliphatic carboxylic acids is 1. The van der Waals surface area contributed by atoms with E-state index in [0.717, 1.165) is 12.8 Å². The number of rotatable bonds is 6. The molecule has 1 aliphatic rings. The van der Waals surface area contributed by atoms with Crippen molar-refractivity contribution in [2.45, 2.75) is 25.3 Å². The molecule has 102 valence electrons. The molecule has 1 N–H and O–H groups in total. The van der Waals surface area contributed by atoms with Crippen LogP contribution in [0.1, 0.15) is 29.6 Å². The second-order valence-electron chi connectivity index (χ2n) is 4.60. The van der Waals surface area contributed by atoms with Crippen molar-refractivity contribution in [2.75, 3.05) is 13.7 Å². The Balaban J connectivity index is 2.07. The lowest BCUT2D eigenvalue weighted by Crippen LogP contribution is -2.34. The Labute approximate surface area is 111 Å². The smallest absolute Gasteiger partial charge is 0.305 e. The van der Waals surface area contributed by atoms with Crippen LogP contribution in [0, 0.1) is 0 Å². The van der Waals surface area contributed by atoms with E-state index in [-0.39, 0.29) is 24.9 Å². The number of methoxy groups -OCH3 is 1. The summed E-state index contributed by atoms with van der Waals surface area (Å²) in [6.07, 6.45) is 1.90. The maximum Gasteiger partial charge on any atom is 0.305 e. The molecule has 1 saturated carbocycles. The van der Waals surface area contributed by atoms with Crippen LogP contribution in [0.15, 0.2) is 24.3 Å². The number of amides is 1. The fourth-order valence-corrected chi connectivity index (χ4v) is 1.95. The molecule has 0 atom stereocenters. The van der Waals surface area contributed by atoms with E-state index in [0.29, 0.717) is 11.3 Å². The number of carbonyl (C=O) groups is 2. The molecular weight excluding hydrogens is 246 g/mol. The van der Waals surface area contributed by atoms with Crippen LogP contribution in [0.2, 0.25) is 0 Å². The second-order valence-corrected chi connectivity index (χ2v) is 4.60. The van der Waals surface area contributed by atoms with Gasteiger partial charge >= 0.3 is 5.97 Å². The Morgan fingerprint density at radius 2 is 1.95 bits per heavy atom. The van der Waals surface area contributed by atoms with Crippen molar-refractivity contribution >= 4 is 11.9 Å². The summed E-state index contributed by atoms with van der Waals surface area (Å²) in [5, 5.41) is 8.73. The topological polar surface area (TPSA) is 66.8 Å². The molecule has 1 aromatic rings. The van der Waals surface area contributed by atoms with Crippen LogP contribution in [-0.4, -0.2) is 41.6 Å². The van der Waals surface area contributed by atoms with Gasteiger partial charge in [0.25, 0.3) is 5.91 Å². The van der Waals surface area contributed by atoms with Gasteiger partial charge in [-0.15, -0.1) is 0 Å². The van der Waals surface area contributed by atoms with Crippen molar-refractivity contribution in [3.63, 3.8) is 0 Å². The van der Waals surface area contributed by atoms with Crippen molar-refractivity contribution in [1.82, 2.24) is 4.90 Å². The molecule has 1 aliphatic carbocycles. The summed E-state index contributed by atoms with van der Waals surface area (Å²) in [6, 6.07) is 7.08. The van der Waals surface area contributed by atoms with Crippen molar-refractivity contribution in [2.24, 2.45) is 0 Å². The third kappa shape index (κ3) is 3.47. The van der Waals surface area contributed by atoms with Gasteiger partial charge in [-0.3, -0.25) is 9.59 Å². The molecule has 5 heteroatoms. The minimum atomic E-state index is -0.881. The van der Waals surface area contributed by atoms with Gasteiger partial charge in [0.05, 0.1) is 13.5 Å². The first kappa shape index (κ1) is 13.4. The average Bonchev–Trinajstić information content (AvgIpc) is 3.23. The summed E-state index contributed by atoms with van der Waals surface area (Å²) in [6.45, 7) is 0.269. The van der Waals surface area contributed by atoms with Crippen LogP contribution >= 0.6 is 0 Å². The summed E-state index contributed by atoms with van der Waals surface area (Å²) < 4.78 is 5.05. The molecule has 1 aromatic carbocycles. The van der Waals surface area contributed by atoms with E-state index in [1.165, 1.54) is 0 Å². The summed E-state index contributed by atoms with van der Waals surface area (Å²) in [4.78, 5) is 24.6. The maximum absolute atomic E-state index is 12.3. The van der Waals surface area contributed by atoms with E-state index in [9.17, 15) is 9.59 Å². The molecule has 1 amide bonds. The molecule has 0 aromatic heterocycles. The molecule has 0 heterocycles. The Morgan fingerprint density at radius 1 is 1.32 bits per heavy atom. The first-order valence-corrected chi connectivity index (χ1v) is 6.28. The lowest BCUT2D eigenvalue weighted by Gasteiger charge is -2.21. The highest BCUT2D eigenvalue weighted by Gasteiger charge is 2.33. The van der Waals surface area contributed by atoms with E-state index in [4.69, 9.17) is 9.84 Å². The number of carboxylic acid groups (broad SMARTS) is 1. The number of hydrogen-bond donors (Lipinski definition) is 1. The average molecular weight is 263 g/mol. The highest BCUT2D eigenvalue weighted by Crippen LogP contribution is 2.28. The Hall–Kier alpha value is -2.04. The van der Waals surface area contributed by atoms with Crippen LogP contribution < -0.4 is 4.74 Å². The number of benzene rings is 1. The van der Waals surface area contributed by atoms with Crippen LogP contribution in [0.25, 0.3) is 0 Å². The normalized spacial score (nSPS) is 13.9. The summed E-state index contributed by atoms with van der Waals surface area (Å²) in [5.41, 5.74) is 0.568. The van der Waals surface area contributed by atoms with Gasteiger partial charge in [-0.2, -0.15) is 0 Å². The minimum Gasteiger partial charge on any atom is -0.497 e. The van der Waals surface area contributed by atoms with Gasteiger partial charge in [0.1, 0.15) is 5.75 Å². The van der Waals surface area contributed by atoms with Gasteiger partial charge in [0.15, 0.2) is 0 Å². The van der Waals surface area contributed by atoms with Crippen molar-refractivity contribution in [3.05, 3.63) is 29.8 Å². The fourth-order valence-electron chi connectivity index (χ4n) is 1.95. The monoisotopic (exact) mass is 263 g/mol. The standard InChI is InChI=1S/C14H17NO4/c1-19-12-6-2-10(3-7-12)14(18)15(11-4-5-11)9-8-13(16)17/h2-3,6-7,11H,4-5,8-9H2,1H3,(H,16,17). The van der Waals surface area contributed by atoms with Crippen molar-refractivity contribution in [3.8, 4) is 5.75 Å². The van der Waals surface area contributed by atoms with Crippen molar-refractivity contribution in [1.29, 1.82) is 0 Å². The van der Waals surface area contributed by atoms with E-state index in [1.807, 2.05) is 0 Å². The molecule has 0 aliphatic heterocycles. The number of hydrogen-bond acceptors (Lipinski definition) is 3. The molecule has 19 heavy (non-hydrogen) atoms. The largest absolute Gasteiger partial charge is 0.497 e. The molecule has 0 bridgehead atoms. The predicted molar refractivity (Wildman–Crippen MR) is 69.3 cm³/mol. The van der Waals surface area contributed by atoms with Gasteiger partial charge in [-0.25, -0.2) is 0 Å². The molecule has 0 radical (unpaired) electrons. The molecule has 0 spiro atoms. The third-order valence-electron chi connectivity index (χ3n) is 3.15. The summed E-state index contributed by atoms with van der Waals surface area (Å²) in [7, 11) is 1.57. The fraction of sp³-hybridized carbons (Fsp3) is 0.429. The van der Waals surface area contributed by atoms with Gasteiger partial charge in [-0.1, -0.05) is 0 Å². The first-order chi connectivity index (χ1) is 9.11. The Bertz CT molecular complexity index is 465. The van der Waals surface area contributed by atoms with E-state index >= 15 is 0 Å². The SMILES string of the molecule is COc1ccc(C(=O)N(CCC(=O)O)C2CC2)cc1. The molecule has 1 fully saturated rings. The molecule has 0 unspecified atom stereocenters. The first-order valence-electron chi connectivity index (χ1n) is 6.28. The third-order valence-corrected chi connectivity index (χ3v) is 3.15. The van der Waals surface area contributed by atoms with E-state index < -0.39 is 5.97 Å². The van der Waals surface area contributed by atoms with Crippen LogP contribution in [0.5, 0.6) is 5.75 Å². The van der Waals surface area contributed by atoms with Crippen LogP contribution in [0.3, 0.4) is 0 Å². The van der Waals surface area contributed by atoms with Crippen LogP contribution in [0.4, 0.5) is 0 Å². The maximum atomic E-state index is 12.3. The van der Waals surface area contributed by atoms with Crippen molar-refractivity contribution < 1.29 is 19.4 Å². The quantitative estimate of drug-likeness (QED) is 0.849. The zero-order chi connectivity index (χ0) is 13.8. The second kappa shape index (κ2) is 5.73. The Morgan fingerprint density at radius 3 is 2.42 bits per heavy atom. The highest BCUT2D eigenvalue weighted by atomic mass is 16.5. The highest BCUT2D eigenvalue weighted by molar-refractivity contribution is 5.95. The lowest BCUT2D eigenvalue weighted by molar-refractivity contribution is -0.137. The zero-order valence-corrected chi connectivity index (χ0v) is 10.8. The molecular formula is C14H17NO4. The number of ether oxygens (including phenoxy) is 1.